The van der Waals surface area contributed by atoms with Crippen LogP contribution in [-0.2, 0) is 54.0 Å². The van der Waals surface area contributed by atoms with Gasteiger partial charge >= 0.3 is 5.97 Å². The number of rotatable bonds is 11. The molecule has 1 aromatic rings. The molecule has 3 aliphatic rings. The van der Waals surface area contributed by atoms with Gasteiger partial charge in [-0.05, 0) is 67.9 Å². The van der Waals surface area contributed by atoms with Crippen LogP contribution in [0.3, 0.4) is 0 Å². The fourth-order valence-corrected chi connectivity index (χ4v) is 9.33. The Balaban J connectivity index is 1.81. The lowest BCUT2D eigenvalue weighted by Gasteiger charge is -2.49. The summed E-state index contributed by atoms with van der Waals surface area (Å²) in [4.78, 5) is 43.6. The van der Waals surface area contributed by atoms with Crippen molar-refractivity contribution in [2.45, 2.75) is 179 Å². The molecular weight excluding hydrogens is 767 g/mol. The lowest BCUT2D eigenvalue weighted by molar-refractivity contribution is -0.310. The SMILES string of the molecule is Bn1cc(CCN(C)[C@H]2C[C@@H](C)O[C@@H](O[C@@H]3[C@H](C)[C@@H](O[C@H]4C[C@@](C)(OC)C(=O)[C@H](C)O4)[C@@H](C)C(=O)O[C@H](CC)[C@@](C)(O)[C@H](O)[C@@H](C)C(=O)[C@H](C)C[C@@]3(C)OC)[C@@H]2O)nn1. The van der Waals surface area contributed by atoms with Gasteiger partial charge in [0.1, 0.15) is 35.3 Å². The van der Waals surface area contributed by atoms with E-state index in [-0.39, 0.29) is 43.0 Å². The topological polar surface area (TPSA) is 210 Å². The predicted octanol–water partition coefficient (Wildman–Crippen LogP) is 1.25. The second-order valence-corrected chi connectivity index (χ2v) is 18.1. The highest BCUT2D eigenvalue weighted by atomic mass is 16.7. The molecule has 3 N–H and O–H groups in total. The molecule has 336 valence electrons. The molecule has 0 aliphatic carbocycles. The monoisotopic (exact) mass is 839 g/mol. The minimum Gasteiger partial charge on any atom is -0.459 e. The number of aliphatic hydroxyl groups excluding tert-OH is 2. The molecule has 59 heavy (non-hydrogen) atoms. The zero-order valence-corrected chi connectivity index (χ0v) is 37.6. The molecule has 0 bridgehead atoms. The maximum Gasteiger partial charge on any atom is 0.311 e. The highest BCUT2D eigenvalue weighted by Gasteiger charge is 2.54. The quantitative estimate of drug-likeness (QED) is 0.212. The highest BCUT2D eigenvalue weighted by Crippen LogP contribution is 2.41. The fraction of sp³-hybridized carbons (Fsp3) is 0.878. The van der Waals surface area contributed by atoms with Gasteiger partial charge in [-0.3, -0.25) is 14.4 Å². The number of carbonyl (C=O) groups is 3. The number of ether oxygens (including phenoxy) is 7. The highest BCUT2D eigenvalue weighted by molar-refractivity contribution is 6.05. The van der Waals surface area contributed by atoms with Gasteiger partial charge in [0, 0.05) is 63.6 Å². The van der Waals surface area contributed by atoms with E-state index in [2.05, 4.69) is 10.3 Å². The van der Waals surface area contributed by atoms with Crippen LogP contribution in [0.25, 0.3) is 0 Å². The van der Waals surface area contributed by atoms with E-state index in [1.165, 1.54) is 21.1 Å². The number of aromatic nitrogens is 3. The number of hydrogen-bond donors (Lipinski definition) is 3. The number of methoxy groups -OCH3 is 2. The summed E-state index contributed by atoms with van der Waals surface area (Å²) in [5.74, 6) is -4.95. The van der Waals surface area contributed by atoms with E-state index in [1.807, 2.05) is 32.0 Å². The number of Topliss-reactive ketones (excluding diaryl/α,β-unsaturated/α-hetero) is 2. The molecule has 4 heterocycles. The summed E-state index contributed by atoms with van der Waals surface area (Å²) >= 11 is 0. The van der Waals surface area contributed by atoms with E-state index >= 15 is 0 Å². The first-order valence-electron chi connectivity index (χ1n) is 21.1. The van der Waals surface area contributed by atoms with Gasteiger partial charge in [-0.1, -0.05) is 32.9 Å². The Morgan fingerprint density at radius 3 is 2.22 bits per heavy atom. The van der Waals surface area contributed by atoms with Crippen molar-refractivity contribution in [1.82, 2.24) is 19.8 Å². The van der Waals surface area contributed by atoms with Gasteiger partial charge in [-0.25, -0.2) is 0 Å². The molecule has 17 nitrogen and oxygen atoms in total. The van der Waals surface area contributed by atoms with Crippen LogP contribution in [0.2, 0.25) is 0 Å². The maximum absolute atomic E-state index is 14.3. The van der Waals surface area contributed by atoms with Crippen LogP contribution in [-0.4, -0.2) is 167 Å². The summed E-state index contributed by atoms with van der Waals surface area (Å²) < 4.78 is 45.8. The van der Waals surface area contributed by atoms with Gasteiger partial charge < -0.3 is 58.0 Å². The van der Waals surface area contributed by atoms with Crippen molar-refractivity contribution in [2.75, 3.05) is 27.8 Å². The third-order valence-electron chi connectivity index (χ3n) is 13.3. The van der Waals surface area contributed by atoms with Crippen molar-refractivity contribution >= 4 is 25.5 Å². The Bertz CT molecular complexity index is 1580. The molecule has 0 radical (unpaired) electrons. The summed E-state index contributed by atoms with van der Waals surface area (Å²) in [6, 6.07) is -0.382. The first kappa shape index (κ1) is 49.3. The van der Waals surface area contributed by atoms with Gasteiger partial charge in [-0.15, -0.1) is 5.10 Å². The molecule has 17 atom stereocenters. The van der Waals surface area contributed by atoms with Crippen molar-refractivity contribution in [3.8, 4) is 0 Å². The largest absolute Gasteiger partial charge is 0.459 e. The lowest BCUT2D eigenvalue weighted by Crippen LogP contribution is -2.61. The Hall–Kier alpha value is -2.39. The molecule has 3 saturated heterocycles. The fourth-order valence-electron chi connectivity index (χ4n) is 9.33. The molecule has 0 saturated carbocycles. The second-order valence-electron chi connectivity index (χ2n) is 18.1. The minimum absolute atomic E-state index is 0.0111. The molecule has 18 heteroatoms. The van der Waals surface area contributed by atoms with Gasteiger partial charge in [0.2, 0.25) is 0 Å². The zero-order chi connectivity index (χ0) is 44.4. The smallest absolute Gasteiger partial charge is 0.311 e. The standard InChI is InChI=1S/C41H71BN4O13/c1-14-29-41(10,52)34(49)23(4)31(47)21(2)18-40(9,54-13)36(59-38-32(48)28(17-22(3)55-38)45(11)16-15-27-20-46(42)44-43-27)24(5)33(25(6)37(51)57-29)58-30-19-39(8,53-12)35(50)26(7)56-30/h20-26,28-30,32-34,36,38,48-49,52H,14-19,42H2,1-13H3/t21-,22-,23+,24-,25-,26+,28+,29-,30+,32-,33-,34-,36-,38+,39-,40-,41-/m1/s1. The number of carbonyl (C=O) groups excluding carboxylic acids is 3. The lowest BCUT2D eigenvalue weighted by atomic mass is 9.74. The molecule has 0 unspecified atom stereocenters. The van der Waals surface area contributed by atoms with Crippen LogP contribution in [0.15, 0.2) is 6.20 Å². The summed E-state index contributed by atoms with van der Waals surface area (Å²) in [5, 5.41) is 43.5. The number of cyclic esters (lactones) is 1. The molecule has 3 aliphatic heterocycles. The number of hydrogen-bond acceptors (Lipinski definition) is 16. The molecular formula is C41H71BN4O13. The number of ketones is 2. The van der Waals surface area contributed by atoms with Crippen molar-refractivity contribution < 1.29 is 62.9 Å². The van der Waals surface area contributed by atoms with Crippen LogP contribution in [0.1, 0.15) is 101 Å². The molecule has 1 aromatic heterocycles. The maximum atomic E-state index is 14.3. The van der Waals surface area contributed by atoms with Gasteiger partial charge in [-0.2, -0.15) is 0 Å². The molecule has 4 rings (SSSR count). The minimum atomic E-state index is -1.99. The first-order valence-corrected chi connectivity index (χ1v) is 21.1. The first-order chi connectivity index (χ1) is 27.4. The summed E-state index contributed by atoms with van der Waals surface area (Å²) in [7, 11) is 6.67. The van der Waals surface area contributed by atoms with Gasteiger partial charge in [0.25, 0.3) is 7.98 Å². The van der Waals surface area contributed by atoms with E-state index in [0.717, 1.165) is 5.69 Å². The number of likely N-dealkylation sites (N-methyl/N-ethyl adjacent to an activating group) is 1. The van der Waals surface area contributed by atoms with E-state index in [1.54, 1.807) is 61.0 Å². The molecule has 3 fully saturated rings. The number of aliphatic hydroxyl groups is 3. The summed E-state index contributed by atoms with van der Waals surface area (Å²) in [6.07, 6.45) is -6.27. The van der Waals surface area contributed by atoms with Crippen LogP contribution in [0, 0.1) is 23.7 Å². The van der Waals surface area contributed by atoms with E-state index in [9.17, 15) is 29.7 Å². The van der Waals surface area contributed by atoms with Crippen molar-refractivity contribution in [3.05, 3.63) is 11.9 Å². The van der Waals surface area contributed by atoms with Gasteiger partial charge in [0.15, 0.2) is 18.4 Å². The van der Waals surface area contributed by atoms with E-state index in [4.69, 9.17) is 33.2 Å². The van der Waals surface area contributed by atoms with Crippen LogP contribution in [0.5, 0.6) is 0 Å². The van der Waals surface area contributed by atoms with Crippen molar-refractivity contribution in [2.24, 2.45) is 23.7 Å². The zero-order valence-electron chi connectivity index (χ0n) is 37.6. The number of esters is 1. The molecule has 0 aromatic carbocycles. The normalized spacial score (nSPS) is 43.4. The molecule has 0 spiro atoms. The summed E-state index contributed by atoms with van der Waals surface area (Å²) in [6.45, 7) is 17.3. The van der Waals surface area contributed by atoms with Crippen molar-refractivity contribution in [1.29, 1.82) is 0 Å². The Morgan fingerprint density at radius 1 is 0.983 bits per heavy atom. The summed E-state index contributed by atoms with van der Waals surface area (Å²) in [5.41, 5.74) is -3.73. The van der Waals surface area contributed by atoms with E-state index < -0.39 is 95.6 Å². The predicted molar refractivity (Wildman–Crippen MR) is 217 cm³/mol. The van der Waals surface area contributed by atoms with Crippen LogP contribution < -0.4 is 0 Å². The average molecular weight is 839 g/mol. The Labute approximate surface area is 350 Å². The van der Waals surface area contributed by atoms with Gasteiger partial charge in [0.05, 0.1) is 41.6 Å². The Morgan fingerprint density at radius 2 is 1.64 bits per heavy atom. The number of nitrogens with zero attached hydrogens (tertiary/aromatic N) is 4. The third kappa shape index (κ3) is 10.8. The third-order valence-corrected chi connectivity index (χ3v) is 13.3. The van der Waals surface area contributed by atoms with Crippen molar-refractivity contribution in [3.63, 3.8) is 0 Å². The van der Waals surface area contributed by atoms with E-state index in [0.29, 0.717) is 19.4 Å². The van der Waals surface area contributed by atoms with Crippen LogP contribution in [0.4, 0.5) is 0 Å². The molecule has 0 amide bonds. The van der Waals surface area contributed by atoms with Crippen LogP contribution >= 0.6 is 0 Å². The second kappa shape index (κ2) is 19.8. The average Bonchev–Trinajstić information content (AvgIpc) is 3.62. The Kier molecular flexibility index (Phi) is 16.5.